The fourth-order valence-electron chi connectivity index (χ4n) is 2.82. The Morgan fingerprint density at radius 1 is 1.29 bits per heavy atom. The maximum atomic E-state index is 12.5. The molecule has 5 nitrogen and oxygen atoms in total. The van der Waals surface area contributed by atoms with Crippen molar-refractivity contribution in [2.24, 2.45) is 0 Å². The van der Waals surface area contributed by atoms with Crippen molar-refractivity contribution in [2.45, 2.75) is 19.4 Å². The third kappa shape index (κ3) is 2.77. The van der Waals surface area contributed by atoms with Gasteiger partial charge in [0.1, 0.15) is 6.26 Å². The van der Waals surface area contributed by atoms with Crippen LogP contribution in [-0.2, 0) is 0 Å². The maximum Gasteiger partial charge on any atom is 0.276 e. The van der Waals surface area contributed by atoms with E-state index in [1.165, 1.54) is 12.0 Å². The monoisotopic (exact) mass is 285 g/mol. The van der Waals surface area contributed by atoms with Gasteiger partial charge in [0.25, 0.3) is 5.91 Å². The topological polar surface area (TPSA) is 49.6 Å². The van der Waals surface area contributed by atoms with E-state index in [1.54, 1.807) is 6.07 Å². The number of aromatic nitrogens is 1. The van der Waals surface area contributed by atoms with E-state index in [2.05, 4.69) is 29.1 Å². The molecule has 1 unspecified atom stereocenters. The van der Waals surface area contributed by atoms with Crippen LogP contribution in [0, 0.1) is 0 Å². The second-order valence-electron chi connectivity index (χ2n) is 5.23. The van der Waals surface area contributed by atoms with E-state index in [0.29, 0.717) is 12.2 Å². The Morgan fingerprint density at radius 3 is 2.76 bits per heavy atom. The van der Waals surface area contributed by atoms with Crippen molar-refractivity contribution in [2.75, 3.05) is 24.5 Å². The highest BCUT2D eigenvalue weighted by atomic mass is 16.5. The fourth-order valence-corrected chi connectivity index (χ4v) is 2.82. The molecule has 1 aliphatic rings. The van der Waals surface area contributed by atoms with E-state index in [1.807, 2.05) is 23.1 Å². The number of rotatable bonds is 3. The SMILES string of the molecule is CCC1CN(c2ccccc2)CCN1C(=O)c1ccon1. The van der Waals surface area contributed by atoms with Gasteiger partial charge in [0.05, 0.1) is 0 Å². The largest absolute Gasteiger partial charge is 0.368 e. The zero-order valence-electron chi connectivity index (χ0n) is 12.1. The first-order valence-electron chi connectivity index (χ1n) is 7.31. The third-order valence-electron chi connectivity index (χ3n) is 3.99. The lowest BCUT2D eigenvalue weighted by Gasteiger charge is -2.42. The summed E-state index contributed by atoms with van der Waals surface area (Å²) in [7, 11) is 0. The number of carbonyl (C=O) groups is 1. The second-order valence-corrected chi connectivity index (χ2v) is 5.23. The molecule has 21 heavy (non-hydrogen) atoms. The first-order valence-corrected chi connectivity index (χ1v) is 7.31. The van der Waals surface area contributed by atoms with Gasteiger partial charge in [-0.2, -0.15) is 0 Å². The van der Waals surface area contributed by atoms with Crippen molar-refractivity contribution in [3.63, 3.8) is 0 Å². The van der Waals surface area contributed by atoms with Gasteiger partial charge in [0.15, 0.2) is 5.69 Å². The Morgan fingerprint density at radius 2 is 2.10 bits per heavy atom. The van der Waals surface area contributed by atoms with Crippen LogP contribution in [0.4, 0.5) is 5.69 Å². The number of para-hydroxylation sites is 1. The molecular formula is C16H19N3O2. The zero-order chi connectivity index (χ0) is 14.7. The highest BCUT2D eigenvalue weighted by Crippen LogP contribution is 2.21. The van der Waals surface area contributed by atoms with Crippen LogP contribution in [0.2, 0.25) is 0 Å². The van der Waals surface area contributed by atoms with Crippen LogP contribution in [0.25, 0.3) is 0 Å². The Balaban J connectivity index is 1.74. The van der Waals surface area contributed by atoms with Crippen LogP contribution in [0.15, 0.2) is 47.2 Å². The van der Waals surface area contributed by atoms with Crippen LogP contribution >= 0.6 is 0 Å². The molecule has 1 aliphatic heterocycles. The number of hydrogen-bond acceptors (Lipinski definition) is 4. The Hall–Kier alpha value is -2.30. The quantitative estimate of drug-likeness (QED) is 0.869. The molecule has 0 saturated carbocycles. The number of hydrogen-bond donors (Lipinski definition) is 0. The van der Waals surface area contributed by atoms with E-state index in [9.17, 15) is 4.79 Å². The maximum absolute atomic E-state index is 12.5. The van der Waals surface area contributed by atoms with Crippen LogP contribution < -0.4 is 4.90 Å². The number of benzene rings is 1. The average molecular weight is 285 g/mol. The molecule has 0 N–H and O–H groups in total. The number of nitrogens with zero attached hydrogens (tertiary/aromatic N) is 3. The molecule has 1 atom stereocenters. The molecule has 0 radical (unpaired) electrons. The summed E-state index contributed by atoms with van der Waals surface area (Å²) in [6.45, 7) is 4.51. The summed E-state index contributed by atoms with van der Waals surface area (Å²) >= 11 is 0. The molecule has 1 aromatic carbocycles. The second kappa shape index (κ2) is 5.99. The summed E-state index contributed by atoms with van der Waals surface area (Å²) in [6, 6.07) is 12.2. The Kier molecular flexibility index (Phi) is 3.90. The van der Waals surface area contributed by atoms with Crippen LogP contribution in [0.3, 0.4) is 0 Å². The van der Waals surface area contributed by atoms with Gasteiger partial charge in [-0.25, -0.2) is 0 Å². The molecule has 0 spiro atoms. The molecule has 1 amide bonds. The van der Waals surface area contributed by atoms with E-state index >= 15 is 0 Å². The van der Waals surface area contributed by atoms with Gasteiger partial charge in [-0.1, -0.05) is 30.3 Å². The van der Waals surface area contributed by atoms with Crippen LogP contribution in [0.5, 0.6) is 0 Å². The zero-order valence-corrected chi connectivity index (χ0v) is 12.1. The van der Waals surface area contributed by atoms with Gasteiger partial charge in [0, 0.05) is 37.4 Å². The van der Waals surface area contributed by atoms with E-state index in [-0.39, 0.29) is 11.9 Å². The molecule has 1 fully saturated rings. The average Bonchev–Trinajstić information content (AvgIpc) is 3.09. The van der Waals surface area contributed by atoms with Gasteiger partial charge in [0.2, 0.25) is 0 Å². The van der Waals surface area contributed by atoms with Gasteiger partial charge in [-0.3, -0.25) is 4.79 Å². The van der Waals surface area contributed by atoms with Crippen LogP contribution in [-0.4, -0.2) is 41.6 Å². The summed E-state index contributed by atoms with van der Waals surface area (Å²) in [5.74, 6) is -0.0386. The van der Waals surface area contributed by atoms with Gasteiger partial charge < -0.3 is 14.3 Å². The van der Waals surface area contributed by atoms with Gasteiger partial charge >= 0.3 is 0 Å². The number of anilines is 1. The lowest BCUT2D eigenvalue weighted by atomic mass is 10.1. The van der Waals surface area contributed by atoms with E-state index < -0.39 is 0 Å². The summed E-state index contributed by atoms with van der Waals surface area (Å²) < 4.78 is 4.78. The van der Waals surface area contributed by atoms with Crippen molar-refractivity contribution >= 4 is 11.6 Å². The lowest BCUT2D eigenvalue weighted by molar-refractivity contribution is 0.0641. The Bertz CT molecular complexity index is 583. The summed E-state index contributed by atoms with van der Waals surface area (Å²) in [5.41, 5.74) is 1.60. The number of piperazine rings is 1. The number of amides is 1. The van der Waals surface area contributed by atoms with Gasteiger partial charge in [-0.05, 0) is 18.6 Å². The first-order chi connectivity index (χ1) is 10.3. The van der Waals surface area contributed by atoms with Gasteiger partial charge in [-0.15, -0.1) is 0 Å². The molecule has 2 aromatic rings. The summed E-state index contributed by atoms with van der Waals surface area (Å²) in [5, 5.41) is 3.76. The normalized spacial score (nSPS) is 18.8. The Labute approximate surface area is 124 Å². The van der Waals surface area contributed by atoms with Crippen molar-refractivity contribution in [3.8, 4) is 0 Å². The first kappa shape index (κ1) is 13.7. The number of carbonyl (C=O) groups excluding carboxylic acids is 1. The highest BCUT2D eigenvalue weighted by molar-refractivity contribution is 5.92. The molecule has 5 heteroatoms. The highest BCUT2D eigenvalue weighted by Gasteiger charge is 2.31. The smallest absolute Gasteiger partial charge is 0.276 e. The minimum atomic E-state index is -0.0386. The van der Waals surface area contributed by atoms with E-state index in [0.717, 1.165) is 19.5 Å². The molecular weight excluding hydrogens is 266 g/mol. The molecule has 0 bridgehead atoms. The standard InChI is InChI=1S/C16H19N3O2/c1-2-13-12-18(14-6-4-3-5-7-14)9-10-19(13)16(20)15-8-11-21-17-15/h3-8,11,13H,2,9-10,12H2,1H3. The van der Waals surface area contributed by atoms with E-state index in [4.69, 9.17) is 4.52 Å². The van der Waals surface area contributed by atoms with Crippen molar-refractivity contribution < 1.29 is 9.32 Å². The van der Waals surface area contributed by atoms with Crippen molar-refractivity contribution in [1.82, 2.24) is 10.1 Å². The summed E-state index contributed by atoms with van der Waals surface area (Å²) in [4.78, 5) is 16.7. The molecule has 2 heterocycles. The molecule has 1 saturated heterocycles. The predicted molar refractivity (Wildman–Crippen MR) is 80.3 cm³/mol. The predicted octanol–water partition coefficient (Wildman–Crippen LogP) is 2.42. The molecule has 3 rings (SSSR count). The minimum absolute atomic E-state index is 0.0386. The molecule has 110 valence electrons. The molecule has 1 aromatic heterocycles. The minimum Gasteiger partial charge on any atom is -0.368 e. The van der Waals surface area contributed by atoms with Crippen molar-refractivity contribution in [3.05, 3.63) is 48.4 Å². The van der Waals surface area contributed by atoms with Crippen molar-refractivity contribution in [1.29, 1.82) is 0 Å². The summed E-state index contributed by atoms with van der Waals surface area (Å²) in [6.07, 6.45) is 2.36. The lowest BCUT2D eigenvalue weighted by Crippen LogP contribution is -2.55. The third-order valence-corrected chi connectivity index (χ3v) is 3.99. The fraction of sp³-hybridized carbons (Fsp3) is 0.375. The van der Waals surface area contributed by atoms with Crippen LogP contribution in [0.1, 0.15) is 23.8 Å². The molecule has 0 aliphatic carbocycles.